The molecule has 0 atom stereocenters. The highest BCUT2D eigenvalue weighted by atomic mass is 16.2. The fraction of sp³-hybridized carbons (Fsp3) is 0.217. The van der Waals surface area contributed by atoms with Gasteiger partial charge in [0.1, 0.15) is 11.6 Å². The molecule has 4 aromatic rings. The first-order valence-corrected chi connectivity index (χ1v) is 9.84. The first-order chi connectivity index (χ1) is 16.8. The highest BCUT2D eigenvalue weighted by Gasteiger charge is 2.27. The quantitative estimate of drug-likeness (QED) is 0.548. The Bertz CT molecular complexity index is 1440. The summed E-state index contributed by atoms with van der Waals surface area (Å²) in [5.74, 6) is 1.09. The number of amides is 1. The monoisotopic (exact) mass is 415 g/mol. The number of nitrogens with one attached hydrogen (secondary N) is 1. The van der Waals surface area contributed by atoms with E-state index in [2.05, 4.69) is 30.6 Å². The van der Waals surface area contributed by atoms with E-state index >= 15 is 0 Å². The molecule has 3 heterocycles. The van der Waals surface area contributed by atoms with E-state index in [1.165, 1.54) is 4.90 Å². The number of carbonyl (C=O) groups is 1. The Labute approximate surface area is 185 Å². The second kappa shape index (κ2) is 7.71. The molecule has 0 aliphatic carbocycles. The normalized spacial score (nSPS) is 15.2. The summed E-state index contributed by atoms with van der Waals surface area (Å²) in [6.07, 6.45) is 0.788. The molecule has 5 rings (SSSR count). The summed E-state index contributed by atoms with van der Waals surface area (Å²) in [5.41, 5.74) is 2.88. The van der Waals surface area contributed by atoms with Crippen LogP contribution in [0.3, 0.4) is 0 Å². The van der Waals surface area contributed by atoms with Crippen molar-refractivity contribution < 1.29 is 10.3 Å². The van der Waals surface area contributed by atoms with Gasteiger partial charge in [0.15, 0.2) is 0 Å². The molecule has 0 unspecified atom stereocenters. The zero-order chi connectivity index (χ0) is 24.9. The van der Waals surface area contributed by atoms with E-state index in [1.807, 2.05) is 6.92 Å². The van der Waals surface area contributed by atoms with Crippen LogP contribution in [0.4, 0.5) is 5.82 Å². The Morgan fingerprint density at radius 3 is 2.58 bits per heavy atom. The van der Waals surface area contributed by atoms with Gasteiger partial charge in [0.2, 0.25) is 11.7 Å². The van der Waals surface area contributed by atoms with Crippen LogP contribution in [0.1, 0.15) is 34.5 Å². The largest absolute Gasteiger partial charge is 0.292 e. The van der Waals surface area contributed by atoms with Crippen molar-refractivity contribution in [2.45, 2.75) is 33.2 Å². The predicted octanol–water partition coefficient (Wildman–Crippen LogP) is 3.42. The van der Waals surface area contributed by atoms with Crippen molar-refractivity contribution in [3.63, 3.8) is 0 Å². The number of fused-ring (bicyclic) bond motifs is 1. The summed E-state index contributed by atoms with van der Waals surface area (Å²) in [6.45, 7) is 3.49. The number of benzene rings is 2. The molecule has 1 aliphatic heterocycles. The number of hydrogen-bond donors (Lipinski definition) is 1. The number of aromatic nitrogens is 6. The van der Waals surface area contributed by atoms with Crippen molar-refractivity contribution in [1.29, 1.82) is 0 Å². The van der Waals surface area contributed by atoms with Crippen LogP contribution in [-0.4, -0.2) is 36.5 Å². The highest BCUT2D eigenvalue weighted by Crippen LogP contribution is 2.32. The third-order valence-corrected chi connectivity index (χ3v) is 5.23. The number of tetrazole rings is 1. The number of aryl methyl sites for hydroxylation is 2. The summed E-state index contributed by atoms with van der Waals surface area (Å²) < 4.78 is 34.9. The summed E-state index contributed by atoms with van der Waals surface area (Å²) >= 11 is 0. The molecule has 8 nitrogen and oxygen atoms in total. The Hall–Kier alpha value is -3.94. The third-order valence-electron chi connectivity index (χ3n) is 5.23. The van der Waals surface area contributed by atoms with Crippen LogP contribution in [0.5, 0.6) is 0 Å². The number of hydrogen-bond acceptors (Lipinski definition) is 6. The van der Waals surface area contributed by atoms with Crippen molar-refractivity contribution in [2.24, 2.45) is 0 Å². The Morgan fingerprint density at radius 2 is 1.84 bits per heavy atom. The summed E-state index contributed by atoms with van der Waals surface area (Å²) in [5, 5.41) is 14.0. The number of rotatable bonds is 4. The number of carbonyl (C=O) groups excluding carboxylic acids is 1. The molecule has 154 valence electrons. The standard InChI is InChI=1S/C23H21N7O/c1-14-18-11-12-21(31)30(23(18)25-15(2)24-14)13-16-7-9-17(10-8-16)19-5-3-4-6-20(19)22-26-28-29-27-22/h3-10H,11-13H2,1-2H3,(H,26,27,28,29)/i7D,8D,9D,10D. The molecule has 2 aromatic heterocycles. The lowest BCUT2D eigenvalue weighted by molar-refractivity contribution is -0.119. The molecule has 31 heavy (non-hydrogen) atoms. The molecule has 1 aliphatic rings. The Balaban J connectivity index is 1.64. The van der Waals surface area contributed by atoms with E-state index in [0.29, 0.717) is 29.2 Å². The Morgan fingerprint density at radius 1 is 1.06 bits per heavy atom. The van der Waals surface area contributed by atoms with Gasteiger partial charge in [-0.05, 0) is 42.2 Å². The summed E-state index contributed by atoms with van der Waals surface area (Å²) in [6, 6.07) is 6.08. The van der Waals surface area contributed by atoms with E-state index in [9.17, 15) is 4.79 Å². The molecule has 0 radical (unpaired) electrons. The van der Waals surface area contributed by atoms with E-state index in [4.69, 9.17) is 5.48 Å². The molecule has 0 fully saturated rings. The van der Waals surface area contributed by atoms with Gasteiger partial charge in [-0.3, -0.25) is 9.69 Å². The van der Waals surface area contributed by atoms with Gasteiger partial charge in [0.05, 0.1) is 12.0 Å². The van der Waals surface area contributed by atoms with Crippen LogP contribution in [0.2, 0.25) is 0 Å². The molecule has 0 bridgehead atoms. The topological polar surface area (TPSA) is 101 Å². The van der Waals surface area contributed by atoms with Crippen LogP contribution in [0.25, 0.3) is 22.5 Å². The van der Waals surface area contributed by atoms with E-state index in [1.54, 1.807) is 31.2 Å². The molecule has 0 spiro atoms. The average molecular weight is 415 g/mol. The molecule has 1 amide bonds. The fourth-order valence-corrected chi connectivity index (χ4v) is 3.76. The van der Waals surface area contributed by atoms with Crippen LogP contribution in [0, 0.1) is 13.8 Å². The molecular formula is C23H21N7O. The average Bonchev–Trinajstić information content (AvgIpc) is 3.37. The summed E-state index contributed by atoms with van der Waals surface area (Å²) in [4.78, 5) is 23.2. The summed E-state index contributed by atoms with van der Waals surface area (Å²) in [7, 11) is 0. The van der Waals surface area contributed by atoms with Crippen molar-refractivity contribution in [3.05, 3.63) is 71.1 Å². The van der Waals surface area contributed by atoms with Crippen LogP contribution < -0.4 is 4.90 Å². The van der Waals surface area contributed by atoms with E-state index in [0.717, 1.165) is 11.3 Å². The third kappa shape index (κ3) is 3.56. The van der Waals surface area contributed by atoms with Gasteiger partial charge in [-0.2, -0.15) is 5.21 Å². The maximum Gasteiger partial charge on any atom is 0.228 e. The number of nitrogens with zero attached hydrogens (tertiary/aromatic N) is 6. The number of anilines is 1. The molecule has 0 saturated heterocycles. The molecule has 1 N–H and O–H groups in total. The van der Waals surface area contributed by atoms with Gasteiger partial charge in [-0.15, -0.1) is 10.2 Å². The van der Waals surface area contributed by atoms with Crippen molar-refractivity contribution in [1.82, 2.24) is 30.6 Å². The van der Waals surface area contributed by atoms with Crippen LogP contribution >= 0.6 is 0 Å². The SMILES string of the molecule is [2H]c1c([2H])c(-c2ccccc2-c2nn[nH]n2)c([2H])c([2H])c1CN1C(=O)CCc2c(C)nc(C)nc21. The highest BCUT2D eigenvalue weighted by molar-refractivity contribution is 5.95. The minimum absolute atomic E-state index is 0.121. The van der Waals surface area contributed by atoms with Crippen molar-refractivity contribution in [3.8, 4) is 22.5 Å². The Kier molecular flexibility index (Phi) is 3.72. The molecule has 2 aromatic carbocycles. The number of aromatic amines is 1. The van der Waals surface area contributed by atoms with E-state index in [-0.39, 0.29) is 60.0 Å². The lowest BCUT2D eigenvalue weighted by Crippen LogP contribution is -2.36. The minimum atomic E-state index is -0.216. The van der Waals surface area contributed by atoms with Gasteiger partial charge < -0.3 is 0 Å². The molecule has 0 saturated carbocycles. The van der Waals surface area contributed by atoms with Crippen molar-refractivity contribution in [2.75, 3.05) is 4.90 Å². The first kappa shape index (κ1) is 15.0. The van der Waals surface area contributed by atoms with Gasteiger partial charge in [-0.1, -0.05) is 48.4 Å². The maximum absolute atomic E-state index is 12.9. The minimum Gasteiger partial charge on any atom is -0.292 e. The second-order valence-electron chi connectivity index (χ2n) is 7.27. The maximum atomic E-state index is 12.9. The predicted molar refractivity (Wildman–Crippen MR) is 116 cm³/mol. The van der Waals surface area contributed by atoms with Gasteiger partial charge in [-0.25, -0.2) is 9.97 Å². The fourth-order valence-electron chi connectivity index (χ4n) is 3.76. The second-order valence-corrected chi connectivity index (χ2v) is 7.27. The van der Waals surface area contributed by atoms with E-state index < -0.39 is 0 Å². The molecule has 8 heteroatoms. The first-order valence-electron chi connectivity index (χ1n) is 11.8. The van der Waals surface area contributed by atoms with Gasteiger partial charge in [0.25, 0.3) is 0 Å². The number of H-pyrrole nitrogens is 1. The smallest absolute Gasteiger partial charge is 0.228 e. The lowest BCUT2D eigenvalue weighted by atomic mass is 9.98. The zero-order valence-electron chi connectivity index (χ0n) is 21.0. The molecular weight excluding hydrogens is 390 g/mol. The van der Waals surface area contributed by atoms with Gasteiger partial charge in [0, 0.05) is 23.2 Å². The van der Waals surface area contributed by atoms with Crippen LogP contribution in [0.15, 0.2) is 48.4 Å². The van der Waals surface area contributed by atoms with Crippen LogP contribution in [-0.2, 0) is 17.8 Å². The lowest BCUT2D eigenvalue weighted by Gasteiger charge is -2.29. The van der Waals surface area contributed by atoms with Gasteiger partial charge >= 0.3 is 0 Å². The zero-order valence-corrected chi connectivity index (χ0v) is 17.0. The van der Waals surface area contributed by atoms with Crippen molar-refractivity contribution >= 4 is 11.7 Å².